The lowest BCUT2D eigenvalue weighted by Gasteiger charge is -2.29. The van der Waals surface area contributed by atoms with Crippen molar-refractivity contribution < 1.29 is 27.8 Å². The number of carboxylic acid groups (broad SMARTS) is 1. The zero-order valence-electron chi connectivity index (χ0n) is 19.6. The fourth-order valence-corrected chi connectivity index (χ4v) is 6.07. The van der Waals surface area contributed by atoms with E-state index in [1.54, 1.807) is 11.3 Å². The van der Waals surface area contributed by atoms with Crippen molar-refractivity contribution in [3.8, 4) is 0 Å². The van der Waals surface area contributed by atoms with Gasteiger partial charge >= 0.3 is 5.97 Å². The molecule has 1 aromatic heterocycles. The summed E-state index contributed by atoms with van der Waals surface area (Å²) in [4.78, 5) is 11.7. The predicted molar refractivity (Wildman–Crippen MR) is 133 cm³/mol. The first-order valence-electron chi connectivity index (χ1n) is 10.9. The lowest BCUT2D eigenvalue weighted by atomic mass is 9.96. The van der Waals surface area contributed by atoms with Crippen LogP contribution >= 0.6 is 22.9 Å². The van der Waals surface area contributed by atoms with E-state index in [9.17, 15) is 22.7 Å². The van der Waals surface area contributed by atoms with Gasteiger partial charge in [0.05, 0.1) is 11.1 Å². The summed E-state index contributed by atoms with van der Waals surface area (Å²) in [6.45, 7) is 4.00. The number of aliphatic hydroxyl groups is 1. The number of sulfonamides is 1. The Labute approximate surface area is 209 Å². The van der Waals surface area contributed by atoms with E-state index in [1.807, 2.05) is 25.3 Å². The number of halogens is 2. The summed E-state index contributed by atoms with van der Waals surface area (Å²) in [6, 6.07) is 5.96. The minimum atomic E-state index is -4.21. The minimum Gasteiger partial charge on any atom is -0.481 e. The van der Waals surface area contributed by atoms with E-state index in [4.69, 9.17) is 16.7 Å². The Bertz CT molecular complexity index is 1060. The third kappa shape index (κ3) is 8.58. The van der Waals surface area contributed by atoms with Gasteiger partial charge in [0.2, 0.25) is 10.0 Å². The van der Waals surface area contributed by atoms with Crippen LogP contribution in [0.2, 0.25) is 5.02 Å². The van der Waals surface area contributed by atoms with Crippen LogP contribution in [0.25, 0.3) is 0 Å². The maximum Gasteiger partial charge on any atom is 0.303 e. The number of benzene rings is 1. The summed E-state index contributed by atoms with van der Waals surface area (Å²) in [7, 11) is -2.93. The van der Waals surface area contributed by atoms with Crippen molar-refractivity contribution in [3.05, 3.63) is 50.9 Å². The van der Waals surface area contributed by atoms with Crippen LogP contribution in [-0.2, 0) is 27.7 Å². The second-order valence-electron chi connectivity index (χ2n) is 8.91. The Balaban J connectivity index is 1.96. The standard InChI is InChI=1S/C23H32ClFN2O5S2/c1-23(2,10-4-6-19-7-5-11-33-19)26-14-18(28)15-27(3)34(31,32)20-13-17(25)12-16(22(20)24)8-9-21(29)30/h5,7,11-13,18,26,28H,4,6,8-10,14-15H2,1-3H3,(H,29,30). The second-order valence-corrected chi connectivity index (χ2v) is 12.3. The van der Waals surface area contributed by atoms with Crippen LogP contribution in [0.4, 0.5) is 4.39 Å². The first-order chi connectivity index (χ1) is 15.8. The van der Waals surface area contributed by atoms with Gasteiger partial charge in [-0.3, -0.25) is 4.79 Å². The van der Waals surface area contributed by atoms with Gasteiger partial charge in [0.25, 0.3) is 0 Å². The fourth-order valence-electron chi connectivity index (χ4n) is 3.50. The predicted octanol–water partition coefficient (Wildman–Crippen LogP) is 3.93. The highest BCUT2D eigenvalue weighted by molar-refractivity contribution is 7.89. The molecule has 0 aliphatic carbocycles. The summed E-state index contributed by atoms with van der Waals surface area (Å²) < 4.78 is 41.0. The molecule has 0 saturated heterocycles. The molecule has 0 amide bonds. The van der Waals surface area contributed by atoms with Crippen molar-refractivity contribution >= 4 is 38.9 Å². The molecule has 7 nitrogen and oxygen atoms in total. The molecule has 2 aromatic rings. The third-order valence-electron chi connectivity index (χ3n) is 5.46. The van der Waals surface area contributed by atoms with Gasteiger partial charge in [-0.1, -0.05) is 17.7 Å². The first-order valence-corrected chi connectivity index (χ1v) is 13.6. The zero-order chi connectivity index (χ0) is 25.5. The lowest BCUT2D eigenvalue weighted by Crippen LogP contribution is -2.46. The molecule has 1 unspecified atom stereocenters. The summed E-state index contributed by atoms with van der Waals surface area (Å²) in [5.74, 6) is -1.94. The van der Waals surface area contributed by atoms with Crippen molar-refractivity contribution in [1.82, 2.24) is 9.62 Å². The number of likely N-dealkylation sites (N-methyl/N-ethyl adjacent to an activating group) is 1. The molecule has 3 N–H and O–H groups in total. The summed E-state index contributed by atoms with van der Waals surface area (Å²) in [5, 5.41) is 24.4. The molecule has 0 aliphatic rings. The number of aliphatic carboxylic acids is 1. The van der Waals surface area contributed by atoms with Crippen molar-refractivity contribution in [2.75, 3.05) is 20.1 Å². The molecule has 0 spiro atoms. The molecule has 0 bridgehead atoms. The third-order valence-corrected chi connectivity index (χ3v) is 8.81. The second kappa shape index (κ2) is 12.4. The molecule has 1 heterocycles. The SMILES string of the molecule is CN(CC(O)CNC(C)(C)CCCc1cccs1)S(=O)(=O)c1cc(F)cc(CCC(=O)O)c1Cl. The molecule has 1 aromatic carbocycles. The van der Waals surface area contributed by atoms with E-state index in [0.717, 1.165) is 35.7 Å². The molecular formula is C23H32ClFN2O5S2. The van der Waals surface area contributed by atoms with Gasteiger partial charge in [0.15, 0.2) is 0 Å². The lowest BCUT2D eigenvalue weighted by molar-refractivity contribution is -0.136. The van der Waals surface area contributed by atoms with Gasteiger partial charge in [-0.2, -0.15) is 4.31 Å². The number of β-amino-alcohol motifs (C(OH)–C–C–N with tert-alkyl or cyclic N) is 1. The smallest absolute Gasteiger partial charge is 0.303 e. The van der Waals surface area contributed by atoms with E-state index in [0.29, 0.717) is 0 Å². The van der Waals surface area contributed by atoms with Gasteiger partial charge < -0.3 is 15.5 Å². The van der Waals surface area contributed by atoms with Gasteiger partial charge in [0, 0.05) is 37.0 Å². The van der Waals surface area contributed by atoms with Crippen LogP contribution in [0.1, 0.15) is 43.6 Å². The number of hydrogen-bond acceptors (Lipinski definition) is 6. The number of hydrogen-bond donors (Lipinski definition) is 3. The highest BCUT2D eigenvalue weighted by Crippen LogP contribution is 2.30. The molecule has 11 heteroatoms. The fraction of sp³-hybridized carbons (Fsp3) is 0.522. The Morgan fingerprint density at radius 2 is 2.03 bits per heavy atom. The van der Waals surface area contributed by atoms with Gasteiger partial charge in [0.1, 0.15) is 10.7 Å². The van der Waals surface area contributed by atoms with Crippen molar-refractivity contribution in [3.63, 3.8) is 0 Å². The van der Waals surface area contributed by atoms with Crippen LogP contribution in [-0.4, -0.2) is 60.7 Å². The number of nitrogens with one attached hydrogen (secondary N) is 1. The van der Waals surface area contributed by atoms with E-state index < -0.39 is 32.8 Å². The molecule has 34 heavy (non-hydrogen) atoms. The zero-order valence-corrected chi connectivity index (χ0v) is 21.9. The molecule has 0 aliphatic heterocycles. The van der Waals surface area contributed by atoms with Gasteiger partial charge in [-0.05, 0) is 68.7 Å². The molecule has 190 valence electrons. The van der Waals surface area contributed by atoms with Crippen LogP contribution in [0, 0.1) is 5.82 Å². The molecule has 0 saturated carbocycles. The van der Waals surface area contributed by atoms with Crippen LogP contribution in [0.5, 0.6) is 0 Å². The highest BCUT2D eigenvalue weighted by atomic mass is 35.5. The average molecular weight is 535 g/mol. The Morgan fingerprint density at radius 1 is 1.32 bits per heavy atom. The first kappa shape index (κ1) is 28.7. The number of carbonyl (C=O) groups is 1. The number of nitrogens with zero attached hydrogens (tertiary/aromatic N) is 1. The Morgan fingerprint density at radius 3 is 2.65 bits per heavy atom. The Hall–Kier alpha value is -1.56. The number of thiophene rings is 1. The highest BCUT2D eigenvalue weighted by Gasteiger charge is 2.28. The van der Waals surface area contributed by atoms with E-state index >= 15 is 0 Å². The number of aliphatic hydroxyl groups excluding tert-OH is 1. The maximum atomic E-state index is 14.1. The maximum absolute atomic E-state index is 14.1. The van der Waals surface area contributed by atoms with Crippen molar-refractivity contribution in [2.45, 2.75) is 62.5 Å². The Kier molecular flexibility index (Phi) is 10.5. The van der Waals surface area contributed by atoms with E-state index in [-0.39, 0.29) is 42.1 Å². The van der Waals surface area contributed by atoms with Gasteiger partial charge in [-0.25, -0.2) is 12.8 Å². The largest absolute Gasteiger partial charge is 0.481 e. The van der Waals surface area contributed by atoms with Crippen LogP contribution in [0.3, 0.4) is 0 Å². The summed E-state index contributed by atoms with van der Waals surface area (Å²) >= 11 is 7.92. The minimum absolute atomic E-state index is 0.0996. The van der Waals surface area contributed by atoms with Crippen LogP contribution < -0.4 is 5.32 Å². The number of aryl methyl sites for hydroxylation is 2. The monoisotopic (exact) mass is 534 g/mol. The molecule has 0 fully saturated rings. The summed E-state index contributed by atoms with van der Waals surface area (Å²) in [6.07, 6.45) is 1.42. The summed E-state index contributed by atoms with van der Waals surface area (Å²) in [5.41, 5.74) is -0.150. The van der Waals surface area contributed by atoms with E-state index in [2.05, 4.69) is 11.4 Å². The molecule has 0 radical (unpaired) electrons. The van der Waals surface area contributed by atoms with E-state index in [1.165, 1.54) is 11.9 Å². The average Bonchev–Trinajstić information content (AvgIpc) is 3.25. The normalized spacial score (nSPS) is 13.4. The number of carboxylic acids is 1. The molecule has 1 atom stereocenters. The molecular weight excluding hydrogens is 503 g/mol. The van der Waals surface area contributed by atoms with Gasteiger partial charge in [-0.15, -0.1) is 11.3 Å². The topological polar surface area (TPSA) is 107 Å². The van der Waals surface area contributed by atoms with Crippen LogP contribution in [0.15, 0.2) is 34.5 Å². The molecule has 2 rings (SSSR count). The quantitative estimate of drug-likeness (QED) is 0.339. The van der Waals surface area contributed by atoms with Crippen molar-refractivity contribution in [2.24, 2.45) is 0 Å². The van der Waals surface area contributed by atoms with Crippen molar-refractivity contribution in [1.29, 1.82) is 0 Å². The number of rotatable bonds is 14.